The minimum atomic E-state index is -0.396. The SMILES string of the molecule is BC/C(B)=C(B)\C(B)=C(/C#C)c1ccccc1N(c1ccc2c(c1)C(C)(C)c1c3c(c4oc5ccccc5c4c1-2)-c1ccccc1C3(C)C)c1ccc2c(c1)C(C)(C)c1c3c(c4oc5ccccc5c4c1-2)-c1ccccc1C3(C)C. The van der Waals surface area contributed by atoms with Crippen molar-refractivity contribution in [3.63, 3.8) is 0 Å². The summed E-state index contributed by atoms with van der Waals surface area (Å²) in [5.41, 5.74) is 32.1. The van der Waals surface area contributed by atoms with Crippen molar-refractivity contribution in [1.82, 2.24) is 0 Å². The van der Waals surface area contributed by atoms with Gasteiger partial charge < -0.3 is 13.7 Å². The van der Waals surface area contributed by atoms with Crippen molar-refractivity contribution < 1.29 is 8.83 Å². The van der Waals surface area contributed by atoms with Crippen LogP contribution in [0.5, 0.6) is 0 Å². The van der Waals surface area contributed by atoms with Crippen molar-refractivity contribution in [2.75, 3.05) is 4.90 Å². The lowest BCUT2D eigenvalue weighted by molar-refractivity contribution is 0.600. The van der Waals surface area contributed by atoms with Gasteiger partial charge in [-0.2, -0.15) is 0 Å². The second-order valence-electron chi connectivity index (χ2n) is 25.4. The lowest BCUT2D eigenvalue weighted by atomic mass is 9.65. The Hall–Kier alpha value is -8.32. The highest BCUT2D eigenvalue weighted by Crippen LogP contribution is 2.66. The van der Waals surface area contributed by atoms with Gasteiger partial charge in [-0.25, -0.2) is 0 Å². The van der Waals surface area contributed by atoms with Crippen molar-refractivity contribution in [3.8, 4) is 56.9 Å². The van der Waals surface area contributed by atoms with Crippen LogP contribution in [0.15, 0.2) is 183 Å². The second-order valence-corrected chi connectivity index (χ2v) is 25.4. The maximum atomic E-state index is 7.07. The number of para-hydroxylation sites is 3. The molecule has 2 aromatic heterocycles. The Bertz CT molecular complexity index is 4510. The van der Waals surface area contributed by atoms with Crippen molar-refractivity contribution in [2.45, 2.75) is 83.4 Å². The topological polar surface area (TPSA) is 29.5 Å². The van der Waals surface area contributed by atoms with Gasteiger partial charge in [-0.15, -0.1) is 17.4 Å². The van der Waals surface area contributed by atoms with Crippen LogP contribution in [0, 0.1) is 12.3 Å². The molecule has 15 rings (SSSR count). The molecule has 2 heterocycles. The molecule has 4 aliphatic rings. The van der Waals surface area contributed by atoms with Crippen LogP contribution < -0.4 is 4.90 Å². The van der Waals surface area contributed by atoms with Crippen molar-refractivity contribution in [2.24, 2.45) is 0 Å². The van der Waals surface area contributed by atoms with Crippen molar-refractivity contribution in [1.29, 1.82) is 0 Å². The summed E-state index contributed by atoms with van der Waals surface area (Å²) in [6, 6.07) is 58.6. The predicted octanol–water partition coefficient (Wildman–Crippen LogP) is 15.7. The molecule has 0 saturated heterocycles. The van der Waals surface area contributed by atoms with Crippen LogP contribution in [-0.2, 0) is 21.7 Å². The molecule has 3 nitrogen and oxygen atoms in total. The molecule has 0 unspecified atom stereocenters. The first-order chi connectivity index (χ1) is 38.4. The predicted molar refractivity (Wildman–Crippen MR) is 348 cm³/mol. The number of fused-ring (bicyclic) bond motifs is 24. The summed E-state index contributed by atoms with van der Waals surface area (Å²) in [5, 5.41) is 4.70. The van der Waals surface area contributed by atoms with E-state index in [0.717, 1.165) is 73.1 Å². The van der Waals surface area contributed by atoms with E-state index < -0.39 is 10.8 Å². The molecule has 7 heteroatoms. The third-order valence-corrected chi connectivity index (χ3v) is 20.0. The Labute approximate surface area is 473 Å². The first-order valence-corrected chi connectivity index (χ1v) is 28.7. The van der Waals surface area contributed by atoms with Crippen molar-refractivity contribution >= 4 is 97.9 Å². The van der Waals surface area contributed by atoms with Crippen LogP contribution in [0.2, 0.25) is 6.32 Å². The summed E-state index contributed by atoms with van der Waals surface area (Å²) < 4.78 is 14.1. The third-order valence-electron chi connectivity index (χ3n) is 20.0. The maximum Gasteiger partial charge on any atom is 0.144 e. The largest absolute Gasteiger partial charge is 0.455 e. The fourth-order valence-corrected chi connectivity index (χ4v) is 15.8. The molecular weight excluding hydrogens is 966 g/mol. The number of nitrogens with zero attached hydrogens (tertiary/aromatic N) is 1. The van der Waals surface area contributed by atoms with Crippen LogP contribution in [0.4, 0.5) is 17.1 Å². The van der Waals surface area contributed by atoms with Gasteiger partial charge in [0.15, 0.2) is 0 Å². The van der Waals surface area contributed by atoms with E-state index in [1.807, 2.05) is 0 Å². The number of benzene rings is 9. The Morgan fingerprint density at radius 1 is 0.463 bits per heavy atom. The molecule has 0 saturated carbocycles. The van der Waals surface area contributed by atoms with Gasteiger partial charge in [-0.1, -0.05) is 188 Å². The summed E-state index contributed by atoms with van der Waals surface area (Å²) in [6.45, 7) is 19.5. The maximum absolute atomic E-state index is 7.07. The van der Waals surface area contributed by atoms with Gasteiger partial charge in [0.05, 0.1) is 5.69 Å². The molecule has 0 atom stereocenters. The van der Waals surface area contributed by atoms with Gasteiger partial charge in [-0.05, 0) is 120 Å². The highest BCUT2D eigenvalue weighted by atomic mass is 16.3. The number of furan rings is 2. The quantitative estimate of drug-likeness (QED) is 0.0944. The van der Waals surface area contributed by atoms with Gasteiger partial charge in [0.2, 0.25) is 0 Å². The van der Waals surface area contributed by atoms with E-state index in [9.17, 15) is 0 Å². The highest BCUT2D eigenvalue weighted by molar-refractivity contribution is 6.44. The molecule has 382 valence electrons. The smallest absolute Gasteiger partial charge is 0.144 e. The Kier molecular flexibility index (Phi) is 10.00. The minimum Gasteiger partial charge on any atom is -0.455 e. The minimum absolute atomic E-state index is 0.268. The lowest BCUT2D eigenvalue weighted by Crippen LogP contribution is -2.24. The normalized spacial score (nSPS) is 16.5. The van der Waals surface area contributed by atoms with E-state index in [4.69, 9.17) is 15.3 Å². The van der Waals surface area contributed by atoms with E-state index >= 15 is 0 Å². The third kappa shape index (κ3) is 6.07. The van der Waals surface area contributed by atoms with Gasteiger partial charge >= 0.3 is 0 Å². The number of rotatable bonds is 6. The van der Waals surface area contributed by atoms with Gasteiger partial charge in [0, 0.05) is 76.8 Å². The molecule has 0 bridgehead atoms. The number of allylic oxidation sites excluding steroid dienone is 4. The van der Waals surface area contributed by atoms with E-state index in [1.165, 1.54) is 111 Å². The highest BCUT2D eigenvalue weighted by Gasteiger charge is 2.51. The summed E-state index contributed by atoms with van der Waals surface area (Å²) in [5.74, 6) is 3.25. The first kappa shape index (κ1) is 48.8. The molecule has 11 aromatic rings. The number of anilines is 3. The first-order valence-electron chi connectivity index (χ1n) is 28.7. The molecule has 0 fully saturated rings. The van der Waals surface area contributed by atoms with Crippen LogP contribution >= 0.6 is 0 Å². The molecule has 0 aliphatic heterocycles. The molecule has 0 amide bonds. The molecule has 9 aromatic carbocycles. The summed E-state index contributed by atoms with van der Waals surface area (Å²) in [6.07, 6.45) is 7.69. The molecule has 0 spiro atoms. The molecule has 4 aliphatic carbocycles. The zero-order valence-corrected chi connectivity index (χ0v) is 48.1. The number of terminal acetylenes is 1. The standard InChI is InChI=1S/C73H61B4NO2/c1-10-40(66(76)67(77)52(75)37-74)41-21-13-18-28-53(41)78(38-31-33-44-50(35-38)72(6,7)62-56(44)58-46-24-14-19-29-54(46)79-68(58)60-42-22-11-16-26-48(42)70(2,3)64(60)62)39-32-34-45-51(36-39)73(8,9)63-57(45)59-47-25-15-20-30-55(47)80-69(59)61-43-23-12-17-27-49(43)71(4,5)65(61)63/h1,11-36H,37,74-77H2,2-9H3/b66-40-,67-52-. The molecule has 0 N–H and O–H groups in total. The van der Waals surface area contributed by atoms with E-state index in [2.05, 4.69) is 255 Å². The second kappa shape index (κ2) is 16.4. The number of hydrogen-bond donors (Lipinski definition) is 0. The number of hydrogen-bond acceptors (Lipinski definition) is 3. The van der Waals surface area contributed by atoms with Crippen LogP contribution in [0.3, 0.4) is 0 Å². The zero-order chi connectivity index (χ0) is 55.3. The fourth-order valence-electron chi connectivity index (χ4n) is 15.8. The van der Waals surface area contributed by atoms with E-state index in [-0.39, 0.29) is 10.8 Å². The average Bonchev–Trinajstić information content (AvgIpc) is 3.78. The zero-order valence-electron chi connectivity index (χ0n) is 48.1. The molecular formula is C73H61B4NO2. The Morgan fingerprint density at radius 2 is 0.863 bits per heavy atom. The summed E-state index contributed by atoms with van der Waals surface area (Å²) in [7, 11) is 8.87. The summed E-state index contributed by atoms with van der Waals surface area (Å²) in [4.78, 5) is 2.50. The van der Waals surface area contributed by atoms with Gasteiger partial charge in [0.1, 0.15) is 53.7 Å². The van der Waals surface area contributed by atoms with Crippen LogP contribution in [0.1, 0.15) is 105 Å². The fraction of sp³-hybridized carbons (Fsp3) is 0.178. The monoisotopic (exact) mass is 1030 g/mol. The Morgan fingerprint density at radius 3 is 1.34 bits per heavy atom. The van der Waals surface area contributed by atoms with Crippen LogP contribution in [-0.4, -0.2) is 31.4 Å². The Balaban J connectivity index is 1.00. The summed E-state index contributed by atoms with van der Waals surface area (Å²) >= 11 is 0. The molecule has 80 heavy (non-hydrogen) atoms. The molecule has 0 radical (unpaired) electrons. The average molecular weight is 1030 g/mol. The van der Waals surface area contributed by atoms with Gasteiger partial charge in [0.25, 0.3) is 0 Å². The van der Waals surface area contributed by atoms with Crippen molar-refractivity contribution in [3.05, 3.63) is 224 Å². The van der Waals surface area contributed by atoms with E-state index in [1.54, 1.807) is 0 Å². The lowest BCUT2D eigenvalue weighted by Gasteiger charge is -2.33. The van der Waals surface area contributed by atoms with E-state index in [0.29, 0.717) is 0 Å². The van der Waals surface area contributed by atoms with Gasteiger partial charge in [-0.3, -0.25) is 0 Å². The van der Waals surface area contributed by atoms with Crippen LogP contribution in [0.25, 0.3) is 94.0 Å².